The summed E-state index contributed by atoms with van der Waals surface area (Å²) in [7, 11) is 1.54. The Labute approximate surface area is 127 Å². The number of nitrogens with one attached hydrogen (secondary N) is 1. The summed E-state index contributed by atoms with van der Waals surface area (Å²) >= 11 is 11.9. The van der Waals surface area contributed by atoms with Gasteiger partial charge in [0.2, 0.25) is 5.91 Å². The van der Waals surface area contributed by atoms with Crippen molar-refractivity contribution in [1.29, 1.82) is 0 Å². The first-order valence-corrected chi connectivity index (χ1v) is 6.72. The Hall–Kier alpha value is -1.71. The lowest BCUT2D eigenvalue weighted by molar-refractivity contribution is -0.115. The fourth-order valence-corrected chi connectivity index (χ4v) is 2.25. The van der Waals surface area contributed by atoms with Crippen LogP contribution in [-0.2, 0) is 11.2 Å². The van der Waals surface area contributed by atoms with E-state index in [0.717, 1.165) is 5.56 Å². The van der Waals surface area contributed by atoms with E-state index in [1.807, 2.05) is 12.1 Å². The SMILES string of the molecule is COc1ccc(NC(=O)Cc2cccc(Cl)c2)cc1Cl. The molecule has 1 amide bonds. The first-order chi connectivity index (χ1) is 9.58. The quantitative estimate of drug-likeness (QED) is 0.920. The Balaban J connectivity index is 2.03. The van der Waals surface area contributed by atoms with Gasteiger partial charge in [-0.3, -0.25) is 4.79 Å². The molecule has 0 aromatic heterocycles. The fraction of sp³-hybridized carbons (Fsp3) is 0.133. The molecular weight excluding hydrogens is 297 g/mol. The number of amides is 1. The van der Waals surface area contributed by atoms with E-state index in [-0.39, 0.29) is 12.3 Å². The third-order valence-electron chi connectivity index (χ3n) is 2.69. The molecule has 0 fully saturated rings. The van der Waals surface area contributed by atoms with Gasteiger partial charge in [-0.1, -0.05) is 35.3 Å². The molecule has 0 spiro atoms. The smallest absolute Gasteiger partial charge is 0.228 e. The highest BCUT2D eigenvalue weighted by molar-refractivity contribution is 6.32. The first-order valence-electron chi connectivity index (χ1n) is 5.96. The van der Waals surface area contributed by atoms with Gasteiger partial charge in [0.1, 0.15) is 5.75 Å². The number of rotatable bonds is 4. The Bertz CT molecular complexity index is 629. The van der Waals surface area contributed by atoms with Crippen LogP contribution < -0.4 is 10.1 Å². The summed E-state index contributed by atoms with van der Waals surface area (Å²) in [5.74, 6) is 0.438. The van der Waals surface area contributed by atoms with Crippen molar-refractivity contribution in [3.05, 3.63) is 58.1 Å². The second kappa shape index (κ2) is 6.64. The average molecular weight is 310 g/mol. The highest BCUT2D eigenvalue weighted by Crippen LogP contribution is 2.27. The third-order valence-corrected chi connectivity index (χ3v) is 3.22. The second-order valence-corrected chi connectivity index (χ2v) is 5.05. The Morgan fingerprint density at radius 3 is 2.65 bits per heavy atom. The van der Waals surface area contributed by atoms with Crippen molar-refractivity contribution in [1.82, 2.24) is 0 Å². The molecule has 0 bridgehead atoms. The first kappa shape index (κ1) is 14.7. The minimum absolute atomic E-state index is 0.131. The van der Waals surface area contributed by atoms with E-state index >= 15 is 0 Å². The van der Waals surface area contributed by atoms with Crippen LogP contribution in [-0.4, -0.2) is 13.0 Å². The summed E-state index contributed by atoms with van der Waals surface area (Å²) in [6.07, 6.45) is 0.254. The number of anilines is 1. The molecule has 0 unspecified atom stereocenters. The van der Waals surface area contributed by atoms with Crippen LogP contribution in [0, 0.1) is 0 Å². The van der Waals surface area contributed by atoms with E-state index in [9.17, 15) is 4.79 Å². The summed E-state index contributed by atoms with van der Waals surface area (Å²) in [5, 5.41) is 3.85. The molecule has 104 valence electrons. The van der Waals surface area contributed by atoms with Crippen molar-refractivity contribution >= 4 is 34.8 Å². The standard InChI is InChI=1S/C15H13Cl2NO2/c1-20-14-6-5-12(9-13(14)17)18-15(19)8-10-3-2-4-11(16)7-10/h2-7,9H,8H2,1H3,(H,18,19). The van der Waals surface area contributed by atoms with E-state index < -0.39 is 0 Å². The molecule has 5 heteroatoms. The maximum atomic E-state index is 11.9. The van der Waals surface area contributed by atoms with Crippen LogP contribution in [0.3, 0.4) is 0 Å². The lowest BCUT2D eigenvalue weighted by Gasteiger charge is -2.08. The maximum absolute atomic E-state index is 11.9. The van der Waals surface area contributed by atoms with Crippen LogP contribution >= 0.6 is 23.2 Å². The van der Waals surface area contributed by atoms with E-state index in [0.29, 0.717) is 21.5 Å². The molecule has 3 nitrogen and oxygen atoms in total. The number of benzene rings is 2. The van der Waals surface area contributed by atoms with Gasteiger partial charge in [-0.05, 0) is 35.9 Å². The van der Waals surface area contributed by atoms with Crippen molar-refractivity contribution < 1.29 is 9.53 Å². The second-order valence-electron chi connectivity index (χ2n) is 4.20. The molecule has 2 aromatic rings. The minimum atomic E-state index is -0.131. The van der Waals surface area contributed by atoms with E-state index in [1.54, 1.807) is 37.4 Å². The predicted molar refractivity (Wildman–Crippen MR) is 81.8 cm³/mol. The molecule has 0 saturated heterocycles. The van der Waals surface area contributed by atoms with Gasteiger partial charge in [0.05, 0.1) is 18.6 Å². The van der Waals surface area contributed by atoms with Crippen molar-refractivity contribution in [3.63, 3.8) is 0 Å². The van der Waals surface area contributed by atoms with Crippen molar-refractivity contribution in [2.75, 3.05) is 12.4 Å². The molecule has 1 N–H and O–H groups in total. The number of carbonyl (C=O) groups is 1. The monoisotopic (exact) mass is 309 g/mol. The van der Waals surface area contributed by atoms with Crippen molar-refractivity contribution in [2.24, 2.45) is 0 Å². The molecule has 0 radical (unpaired) electrons. The van der Waals surface area contributed by atoms with Crippen molar-refractivity contribution in [3.8, 4) is 5.75 Å². The third kappa shape index (κ3) is 3.89. The number of hydrogen-bond acceptors (Lipinski definition) is 2. The zero-order chi connectivity index (χ0) is 14.5. The summed E-state index contributed by atoms with van der Waals surface area (Å²) in [6, 6.07) is 12.3. The lowest BCUT2D eigenvalue weighted by atomic mass is 10.1. The van der Waals surface area contributed by atoms with Crippen LogP contribution in [0.25, 0.3) is 0 Å². The summed E-state index contributed by atoms with van der Waals surface area (Å²) in [4.78, 5) is 11.9. The van der Waals surface area contributed by atoms with Crippen LogP contribution in [0.4, 0.5) is 5.69 Å². The Morgan fingerprint density at radius 1 is 1.20 bits per heavy atom. The summed E-state index contributed by atoms with van der Waals surface area (Å²) in [6.45, 7) is 0. The predicted octanol–water partition coefficient (Wildman–Crippen LogP) is 4.18. The molecule has 0 atom stereocenters. The highest BCUT2D eigenvalue weighted by atomic mass is 35.5. The van der Waals surface area contributed by atoms with Gasteiger partial charge in [0.15, 0.2) is 0 Å². The average Bonchev–Trinajstić information content (AvgIpc) is 2.38. The number of halogens is 2. The van der Waals surface area contributed by atoms with Gasteiger partial charge in [-0.25, -0.2) is 0 Å². The maximum Gasteiger partial charge on any atom is 0.228 e. The molecule has 0 saturated carbocycles. The summed E-state index contributed by atoms with van der Waals surface area (Å²) in [5.41, 5.74) is 1.48. The van der Waals surface area contributed by atoms with Crippen molar-refractivity contribution in [2.45, 2.75) is 6.42 Å². The lowest BCUT2D eigenvalue weighted by Crippen LogP contribution is -2.14. The highest BCUT2D eigenvalue weighted by Gasteiger charge is 2.07. The van der Waals surface area contributed by atoms with Gasteiger partial charge in [0, 0.05) is 10.7 Å². The van der Waals surface area contributed by atoms with Crippen LogP contribution in [0.2, 0.25) is 10.0 Å². The molecule has 0 aliphatic heterocycles. The Kier molecular flexibility index (Phi) is 4.88. The summed E-state index contributed by atoms with van der Waals surface area (Å²) < 4.78 is 5.05. The fourth-order valence-electron chi connectivity index (χ4n) is 1.78. The zero-order valence-corrected chi connectivity index (χ0v) is 12.3. The van der Waals surface area contributed by atoms with Crippen LogP contribution in [0.15, 0.2) is 42.5 Å². The molecular formula is C15H13Cl2NO2. The van der Waals surface area contributed by atoms with Crippen LogP contribution in [0.1, 0.15) is 5.56 Å². The van der Waals surface area contributed by atoms with E-state index in [2.05, 4.69) is 5.32 Å². The topological polar surface area (TPSA) is 38.3 Å². The molecule has 2 rings (SSSR count). The minimum Gasteiger partial charge on any atom is -0.495 e. The van der Waals surface area contributed by atoms with E-state index in [1.165, 1.54) is 0 Å². The van der Waals surface area contributed by atoms with Gasteiger partial charge < -0.3 is 10.1 Å². The number of hydrogen-bond donors (Lipinski definition) is 1. The number of methoxy groups -OCH3 is 1. The van der Waals surface area contributed by atoms with Gasteiger partial charge >= 0.3 is 0 Å². The molecule has 20 heavy (non-hydrogen) atoms. The molecule has 0 heterocycles. The molecule has 0 aliphatic carbocycles. The number of carbonyl (C=O) groups excluding carboxylic acids is 1. The number of ether oxygens (including phenoxy) is 1. The van der Waals surface area contributed by atoms with Gasteiger partial charge in [-0.15, -0.1) is 0 Å². The van der Waals surface area contributed by atoms with E-state index in [4.69, 9.17) is 27.9 Å². The molecule has 0 aliphatic rings. The van der Waals surface area contributed by atoms with Gasteiger partial charge in [0.25, 0.3) is 0 Å². The zero-order valence-electron chi connectivity index (χ0n) is 10.8. The van der Waals surface area contributed by atoms with Crippen LogP contribution in [0.5, 0.6) is 5.75 Å². The molecule has 2 aromatic carbocycles. The van der Waals surface area contributed by atoms with Gasteiger partial charge in [-0.2, -0.15) is 0 Å². The Morgan fingerprint density at radius 2 is 2.00 bits per heavy atom. The largest absolute Gasteiger partial charge is 0.495 e. The normalized spacial score (nSPS) is 10.2.